The second-order valence-corrected chi connectivity index (χ2v) is 8.87. The molecule has 1 heterocycles. The van der Waals surface area contributed by atoms with Crippen molar-refractivity contribution in [3.63, 3.8) is 0 Å². The van der Waals surface area contributed by atoms with Crippen molar-refractivity contribution >= 4 is 58.1 Å². The molecule has 2 aromatic carbocycles. The van der Waals surface area contributed by atoms with Crippen molar-refractivity contribution in [2.75, 3.05) is 11.6 Å². The molecule has 3 nitrogen and oxygen atoms in total. The standard InChI is InChI=1S/C19H17ClN2OS3/c1-24-17-4-2-3-15(9-17)21-18(23)10-16-12-26-19(22-16)25-11-13-5-7-14(20)8-6-13/h2-9,12H,10-11H2,1H3,(H,21,23). The van der Waals surface area contributed by atoms with E-state index < -0.39 is 0 Å². The zero-order valence-electron chi connectivity index (χ0n) is 14.1. The molecule has 0 saturated carbocycles. The molecular weight excluding hydrogens is 404 g/mol. The fourth-order valence-corrected chi connectivity index (χ4v) is 4.62. The number of nitrogens with zero attached hydrogens (tertiary/aromatic N) is 1. The van der Waals surface area contributed by atoms with Crippen molar-refractivity contribution in [1.82, 2.24) is 4.98 Å². The van der Waals surface area contributed by atoms with E-state index in [4.69, 9.17) is 11.6 Å². The Morgan fingerprint density at radius 1 is 1.23 bits per heavy atom. The number of carbonyl (C=O) groups is 1. The van der Waals surface area contributed by atoms with E-state index >= 15 is 0 Å². The maximum absolute atomic E-state index is 12.2. The van der Waals surface area contributed by atoms with Crippen LogP contribution in [0, 0.1) is 0 Å². The highest BCUT2D eigenvalue weighted by Gasteiger charge is 2.09. The average molecular weight is 421 g/mol. The summed E-state index contributed by atoms with van der Waals surface area (Å²) < 4.78 is 0.965. The lowest BCUT2D eigenvalue weighted by Crippen LogP contribution is -2.14. The molecule has 3 rings (SSSR count). The Morgan fingerprint density at radius 3 is 2.81 bits per heavy atom. The van der Waals surface area contributed by atoms with Crippen LogP contribution in [0.2, 0.25) is 5.02 Å². The van der Waals surface area contributed by atoms with E-state index in [1.165, 1.54) is 5.56 Å². The Morgan fingerprint density at radius 2 is 2.04 bits per heavy atom. The summed E-state index contributed by atoms with van der Waals surface area (Å²) in [6.45, 7) is 0. The molecule has 1 amide bonds. The molecule has 134 valence electrons. The molecule has 0 aliphatic carbocycles. The summed E-state index contributed by atoms with van der Waals surface area (Å²) in [5.74, 6) is 0.778. The number of thiazole rings is 1. The third-order valence-electron chi connectivity index (χ3n) is 3.50. The van der Waals surface area contributed by atoms with Crippen molar-refractivity contribution in [3.8, 4) is 0 Å². The first-order valence-electron chi connectivity index (χ1n) is 7.88. The number of thioether (sulfide) groups is 2. The van der Waals surface area contributed by atoms with Gasteiger partial charge in [-0.2, -0.15) is 0 Å². The van der Waals surface area contributed by atoms with Crippen LogP contribution in [0.25, 0.3) is 0 Å². The number of hydrogen-bond acceptors (Lipinski definition) is 5. The third kappa shape index (κ3) is 5.77. The zero-order valence-corrected chi connectivity index (χ0v) is 17.3. The molecule has 0 atom stereocenters. The van der Waals surface area contributed by atoms with Crippen molar-refractivity contribution < 1.29 is 4.79 Å². The zero-order chi connectivity index (χ0) is 18.4. The summed E-state index contributed by atoms with van der Waals surface area (Å²) in [5.41, 5.74) is 2.81. The second-order valence-electron chi connectivity index (χ2n) is 5.48. The lowest BCUT2D eigenvalue weighted by Gasteiger charge is -2.05. The smallest absolute Gasteiger partial charge is 0.230 e. The number of rotatable bonds is 7. The van der Waals surface area contributed by atoms with Gasteiger partial charge in [-0.1, -0.05) is 41.6 Å². The molecule has 0 unspecified atom stereocenters. The molecule has 3 aromatic rings. The second kappa shape index (κ2) is 9.46. The van der Waals surface area contributed by atoms with Gasteiger partial charge in [0.15, 0.2) is 0 Å². The molecule has 0 saturated heterocycles. The summed E-state index contributed by atoms with van der Waals surface area (Å²) >= 11 is 10.8. The van der Waals surface area contributed by atoms with E-state index in [2.05, 4.69) is 10.3 Å². The lowest BCUT2D eigenvalue weighted by atomic mass is 10.2. The average Bonchev–Trinajstić information content (AvgIpc) is 3.08. The normalized spacial score (nSPS) is 10.7. The van der Waals surface area contributed by atoms with Gasteiger partial charge in [0.1, 0.15) is 4.34 Å². The van der Waals surface area contributed by atoms with Gasteiger partial charge in [0.2, 0.25) is 5.91 Å². The van der Waals surface area contributed by atoms with Gasteiger partial charge in [-0.15, -0.1) is 23.1 Å². The van der Waals surface area contributed by atoms with E-state index in [9.17, 15) is 4.79 Å². The van der Waals surface area contributed by atoms with Crippen molar-refractivity contribution in [2.24, 2.45) is 0 Å². The summed E-state index contributed by atoms with van der Waals surface area (Å²) in [5, 5.41) is 5.62. The summed E-state index contributed by atoms with van der Waals surface area (Å²) in [6.07, 6.45) is 2.29. The van der Waals surface area contributed by atoms with Gasteiger partial charge in [0.05, 0.1) is 12.1 Å². The molecule has 0 fully saturated rings. The van der Waals surface area contributed by atoms with Crippen LogP contribution in [0.1, 0.15) is 11.3 Å². The molecular formula is C19H17ClN2OS3. The minimum Gasteiger partial charge on any atom is -0.326 e. The van der Waals surface area contributed by atoms with Gasteiger partial charge in [-0.3, -0.25) is 4.79 Å². The first-order chi connectivity index (χ1) is 12.6. The molecule has 0 radical (unpaired) electrons. The fraction of sp³-hybridized carbons (Fsp3) is 0.158. The molecule has 1 N–H and O–H groups in total. The predicted molar refractivity (Wildman–Crippen MR) is 114 cm³/mol. The van der Waals surface area contributed by atoms with Gasteiger partial charge in [0, 0.05) is 26.7 Å². The third-order valence-corrected chi connectivity index (χ3v) is 6.62. The quantitative estimate of drug-likeness (QED) is 0.476. The first kappa shape index (κ1) is 19.3. The van der Waals surface area contributed by atoms with Gasteiger partial charge < -0.3 is 5.32 Å². The van der Waals surface area contributed by atoms with Gasteiger partial charge in [0.25, 0.3) is 0 Å². The van der Waals surface area contributed by atoms with Crippen LogP contribution in [0.5, 0.6) is 0 Å². The number of anilines is 1. The predicted octanol–water partition coefficient (Wildman–Crippen LogP) is 5.99. The molecule has 0 spiro atoms. The van der Waals surface area contributed by atoms with E-state index in [1.54, 1.807) is 34.9 Å². The highest BCUT2D eigenvalue weighted by atomic mass is 35.5. The molecule has 1 aromatic heterocycles. The number of amides is 1. The summed E-state index contributed by atoms with van der Waals surface area (Å²) in [6, 6.07) is 15.6. The Bertz CT molecular complexity index is 881. The van der Waals surface area contributed by atoms with E-state index in [0.29, 0.717) is 0 Å². The van der Waals surface area contributed by atoms with Crippen LogP contribution < -0.4 is 5.32 Å². The van der Waals surface area contributed by atoms with Crippen LogP contribution in [0.15, 0.2) is 63.1 Å². The van der Waals surface area contributed by atoms with E-state index in [0.717, 1.165) is 31.4 Å². The van der Waals surface area contributed by atoms with Crippen molar-refractivity contribution in [3.05, 3.63) is 70.2 Å². The van der Waals surface area contributed by atoms with Crippen molar-refractivity contribution in [1.29, 1.82) is 0 Å². The number of carbonyl (C=O) groups excluding carboxylic acids is 1. The number of hydrogen-bond donors (Lipinski definition) is 1. The number of halogens is 1. The molecule has 0 aliphatic rings. The topological polar surface area (TPSA) is 42.0 Å². The number of benzene rings is 2. The Labute approximate surface area is 170 Å². The Balaban J connectivity index is 1.52. The number of aromatic nitrogens is 1. The van der Waals surface area contributed by atoms with Crippen LogP contribution in [0.3, 0.4) is 0 Å². The first-order valence-corrected chi connectivity index (χ1v) is 11.3. The van der Waals surface area contributed by atoms with Crippen LogP contribution in [0.4, 0.5) is 5.69 Å². The van der Waals surface area contributed by atoms with E-state index in [1.807, 2.05) is 60.2 Å². The molecule has 7 heteroatoms. The van der Waals surface area contributed by atoms with Gasteiger partial charge in [-0.25, -0.2) is 4.98 Å². The van der Waals surface area contributed by atoms with Crippen LogP contribution >= 0.6 is 46.5 Å². The van der Waals surface area contributed by atoms with Gasteiger partial charge >= 0.3 is 0 Å². The summed E-state index contributed by atoms with van der Waals surface area (Å²) in [7, 11) is 0. The minimum atomic E-state index is -0.0530. The highest BCUT2D eigenvalue weighted by Crippen LogP contribution is 2.27. The highest BCUT2D eigenvalue weighted by molar-refractivity contribution is 8.00. The minimum absolute atomic E-state index is 0.0530. The van der Waals surface area contributed by atoms with Crippen LogP contribution in [-0.4, -0.2) is 17.1 Å². The maximum atomic E-state index is 12.2. The Kier molecular flexibility index (Phi) is 7.02. The molecule has 0 bridgehead atoms. The monoisotopic (exact) mass is 420 g/mol. The van der Waals surface area contributed by atoms with Gasteiger partial charge in [-0.05, 0) is 42.2 Å². The fourth-order valence-electron chi connectivity index (χ4n) is 2.23. The maximum Gasteiger partial charge on any atom is 0.230 e. The van der Waals surface area contributed by atoms with Crippen molar-refractivity contribution in [2.45, 2.75) is 21.4 Å². The molecule has 26 heavy (non-hydrogen) atoms. The SMILES string of the molecule is CSc1cccc(NC(=O)Cc2csc(SCc3ccc(Cl)cc3)n2)c1. The Hall–Kier alpha value is -1.47. The molecule has 0 aliphatic heterocycles. The van der Waals surface area contributed by atoms with E-state index in [-0.39, 0.29) is 12.3 Å². The largest absolute Gasteiger partial charge is 0.326 e. The number of nitrogens with one attached hydrogen (secondary N) is 1. The van der Waals surface area contributed by atoms with Crippen LogP contribution in [-0.2, 0) is 17.0 Å². The summed E-state index contributed by atoms with van der Waals surface area (Å²) in [4.78, 5) is 17.9. The lowest BCUT2D eigenvalue weighted by molar-refractivity contribution is -0.115.